The van der Waals surface area contributed by atoms with E-state index in [-0.39, 0.29) is 24.5 Å². The molecule has 0 heterocycles. The highest BCUT2D eigenvalue weighted by Gasteiger charge is 2.14. The van der Waals surface area contributed by atoms with Gasteiger partial charge < -0.3 is 15.2 Å². The summed E-state index contributed by atoms with van der Waals surface area (Å²) in [5.41, 5.74) is 0. The van der Waals surface area contributed by atoms with Crippen LogP contribution in [0.4, 0.5) is 0 Å². The molecule has 0 radical (unpaired) electrons. The Kier molecular flexibility index (Phi) is 24.3. The second-order valence-electron chi connectivity index (χ2n) is 10.0. The molecule has 0 fully saturated rings. The summed E-state index contributed by atoms with van der Waals surface area (Å²) in [5, 5.41) is 11.0. The van der Waals surface area contributed by atoms with E-state index in [0.29, 0.717) is 12.8 Å². The lowest BCUT2D eigenvalue weighted by Gasteiger charge is -2.18. The number of carbonyl (C=O) groups excluding carboxylic acids is 2. The van der Waals surface area contributed by atoms with Crippen molar-refractivity contribution in [2.24, 2.45) is 0 Å². The van der Waals surface area contributed by atoms with Crippen LogP contribution >= 0.6 is 0 Å². The van der Waals surface area contributed by atoms with Gasteiger partial charge >= 0.3 is 11.9 Å². The molecule has 2 N–H and O–H groups in total. The average molecular weight is 498 g/mol. The van der Waals surface area contributed by atoms with Gasteiger partial charge in [-0.2, -0.15) is 0 Å². The average Bonchev–Trinajstić information content (AvgIpc) is 2.83. The SMILES string of the molecule is CCCCCCCCCCCCCCCC(=O)OC(CCCC)CCCCCC(=O)NCC(=O)O. The lowest BCUT2D eigenvalue weighted by Crippen LogP contribution is -2.28. The first-order valence-electron chi connectivity index (χ1n) is 14.7. The summed E-state index contributed by atoms with van der Waals surface area (Å²) in [4.78, 5) is 34.3. The van der Waals surface area contributed by atoms with E-state index < -0.39 is 5.97 Å². The Labute approximate surface area is 215 Å². The standard InChI is InChI=1S/C29H55NO5/c1-3-5-7-8-9-10-11-12-13-14-15-16-20-24-29(34)35-26(21-6-4-2)22-18-17-19-23-27(31)30-25-28(32)33/h26H,3-25H2,1-2H3,(H,30,31)(H,32,33). The van der Waals surface area contributed by atoms with Crippen LogP contribution in [0.15, 0.2) is 0 Å². The number of esters is 1. The van der Waals surface area contributed by atoms with Gasteiger partial charge in [-0.15, -0.1) is 0 Å². The lowest BCUT2D eigenvalue weighted by molar-refractivity contribution is -0.150. The van der Waals surface area contributed by atoms with Crippen LogP contribution in [0.2, 0.25) is 0 Å². The largest absolute Gasteiger partial charge is 0.480 e. The van der Waals surface area contributed by atoms with E-state index in [1.807, 2.05) is 0 Å². The molecule has 0 saturated carbocycles. The molecule has 0 aromatic carbocycles. The number of carboxylic acid groups (broad SMARTS) is 1. The number of hydrogen-bond donors (Lipinski definition) is 2. The molecule has 0 aromatic heterocycles. The Hall–Kier alpha value is -1.59. The van der Waals surface area contributed by atoms with Crippen molar-refractivity contribution in [3.63, 3.8) is 0 Å². The molecule has 6 nitrogen and oxygen atoms in total. The summed E-state index contributed by atoms with van der Waals surface area (Å²) < 4.78 is 5.77. The highest BCUT2D eigenvalue weighted by Crippen LogP contribution is 2.17. The highest BCUT2D eigenvalue weighted by molar-refractivity contribution is 5.80. The predicted molar refractivity (Wildman–Crippen MR) is 143 cm³/mol. The molecule has 0 spiro atoms. The highest BCUT2D eigenvalue weighted by atomic mass is 16.5. The van der Waals surface area contributed by atoms with Crippen molar-refractivity contribution in [3.05, 3.63) is 0 Å². The molecule has 1 amide bonds. The first-order valence-corrected chi connectivity index (χ1v) is 14.7. The third kappa shape index (κ3) is 25.3. The van der Waals surface area contributed by atoms with Crippen molar-refractivity contribution in [3.8, 4) is 0 Å². The topological polar surface area (TPSA) is 92.7 Å². The van der Waals surface area contributed by atoms with Gasteiger partial charge in [-0.05, 0) is 32.1 Å². The minimum absolute atomic E-state index is 0.0229. The number of ether oxygens (including phenoxy) is 1. The fourth-order valence-electron chi connectivity index (χ4n) is 4.32. The summed E-state index contributed by atoms with van der Waals surface area (Å²) in [6.07, 6.45) is 24.0. The Morgan fingerprint density at radius 2 is 1.09 bits per heavy atom. The van der Waals surface area contributed by atoms with Gasteiger partial charge in [-0.3, -0.25) is 14.4 Å². The van der Waals surface area contributed by atoms with Crippen LogP contribution in [0, 0.1) is 0 Å². The molecule has 0 aliphatic heterocycles. The zero-order chi connectivity index (χ0) is 26.0. The van der Waals surface area contributed by atoms with Crippen molar-refractivity contribution in [1.82, 2.24) is 5.32 Å². The number of unbranched alkanes of at least 4 members (excludes halogenated alkanes) is 15. The molecule has 0 saturated heterocycles. The summed E-state index contributed by atoms with van der Waals surface area (Å²) >= 11 is 0. The van der Waals surface area contributed by atoms with Crippen molar-refractivity contribution in [1.29, 1.82) is 0 Å². The van der Waals surface area contributed by atoms with Crippen molar-refractivity contribution >= 4 is 17.8 Å². The summed E-state index contributed by atoms with van der Waals surface area (Å²) in [7, 11) is 0. The maximum absolute atomic E-state index is 12.3. The Morgan fingerprint density at radius 1 is 0.629 bits per heavy atom. The molecule has 0 rings (SSSR count). The van der Waals surface area contributed by atoms with Gasteiger partial charge in [0.2, 0.25) is 5.91 Å². The fraction of sp³-hybridized carbons (Fsp3) is 0.897. The first-order chi connectivity index (χ1) is 17.0. The molecule has 0 aromatic rings. The quantitative estimate of drug-likeness (QED) is 0.0942. The molecule has 35 heavy (non-hydrogen) atoms. The van der Waals surface area contributed by atoms with Crippen LogP contribution in [0.5, 0.6) is 0 Å². The predicted octanol–water partition coefficient (Wildman–Crippen LogP) is 7.72. The van der Waals surface area contributed by atoms with E-state index in [1.165, 1.54) is 70.6 Å². The van der Waals surface area contributed by atoms with E-state index in [0.717, 1.165) is 57.8 Å². The monoisotopic (exact) mass is 497 g/mol. The van der Waals surface area contributed by atoms with Gasteiger partial charge in [0.25, 0.3) is 0 Å². The molecule has 6 heteroatoms. The molecular formula is C29H55NO5. The van der Waals surface area contributed by atoms with Gasteiger partial charge in [-0.25, -0.2) is 0 Å². The van der Waals surface area contributed by atoms with E-state index in [1.54, 1.807) is 0 Å². The molecule has 1 atom stereocenters. The van der Waals surface area contributed by atoms with Crippen molar-refractivity contribution in [2.45, 2.75) is 161 Å². The number of hydrogen-bond acceptors (Lipinski definition) is 4. The zero-order valence-electron chi connectivity index (χ0n) is 22.9. The smallest absolute Gasteiger partial charge is 0.322 e. The maximum Gasteiger partial charge on any atom is 0.322 e. The van der Waals surface area contributed by atoms with E-state index >= 15 is 0 Å². The normalized spacial score (nSPS) is 11.8. The van der Waals surface area contributed by atoms with E-state index in [2.05, 4.69) is 19.2 Å². The number of rotatable bonds is 26. The molecule has 1 unspecified atom stereocenters. The Balaban J connectivity index is 3.75. The molecule has 0 aliphatic carbocycles. The van der Waals surface area contributed by atoms with Gasteiger partial charge in [0, 0.05) is 12.8 Å². The molecular weight excluding hydrogens is 442 g/mol. The van der Waals surface area contributed by atoms with Crippen LogP contribution in [-0.4, -0.2) is 35.6 Å². The Bertz CT molecular complexity index is 523. The van der Waals surface area contributed by atoms with Crippen LogP contribution in [0.25, 0.3) is 0 Å². The number of nitrogens with one attached hydrogen (secondary N) is 1. The lowest BCUT2D eigenvalue weighted by atomic mass is 10.0. The van der Waals surface area contributed by atoms with Crippen LogP contribution in [0.1, 0.15) is 155 Å². The van der Waals surface area contributed by atoms with E-state index in [9.17, 15) is 14.4 Å². The van der Waals surface area contributed by atoms with Gasteiger partial charge in [-0.1, -0.05) is 110 Å². The zero-order valence-corrected chi connectivity index (χ0v) is 22.9. The first kappa shape index (κ1) is 33.4. The van der Waals surface area contributed by atoms with E-state index in [4.69, 9.17) is 9.84 Å². The summed E-state index contributed by atoms with van der Waals surface area (Å²) in [6.45, 7) is 4.08. The molecule has 206 valence electrons. The summed E-state index contributed by atoms with van der Waals surface area (Å²) in [5.74, 6) is -1.32. The minimum Gasteiger partial charge on any atom is -0.480 e. The van der Waals surface area contributed by atoms with Gasteiger partial charge in [0.05, 0.1) is 0 Å². The third-order valence-electron chi connectivity index (χ3n) is 6.53. The molecule has 0 aliphatic rings. The number of aliphatic carboxylic acids is 1. The van der Waals surface area contributed by atoms with Gasteiger partial charge in [0.1, 0.15) is 12.6 Å². The van der Waals surface area contributed by atoms with Crippen LogP contribution in [0.3, 0.4) is 0 Å². The number of amides is 1. The van der Waals surface area contributed by atoms with Gasteiger partial charge in [0.15, 0.2) is 0 Å². The molecule has 0 bridgehead atoms. The fourth-order valence-corrected chi connectivity index (χ4v) is 4.32. The maximum atomic E-state index is 12.3. The van der Waals surface area contributed by atoms with Crippen molar-refractivity contribution in [2.75, 3.05) is 6.54 Å². The summed E-state index contributed by atoms with van der Waals surface area (Å²) in [6, 6.07) is 0. The minimum atomic E-state index is -1.03. The van der Waals surface area contributed by atoms with Crippen LogP contribution < -0.4 is 5.32 Å². The number of carboxylic acids is 1. The second-order valence-corrected chi connectivity index (χ2v) is 10.0. The third-order valence-corrected chi connectivity index (χ3v) is 6.53. The Morgan fingerprint density at radius 3 is 1.63 bits per heavy atom. The number of carbonyl (C=O) groups is 3. The van der Waals surface area contributed by atoms with Crippen LogP contribution in [-0.2, 0) is 19.1 Å². The second kappa shape index (κ2) is 25.5. The van der Waals surface area contributed by atoms with Crippen molar-refractivity contribution < 1.29 is 24.2 Å².